The van der Waals surface area contributed by atoms with Crippen LogP contribution in [0, 0.1) is 0 Å². The Morgan fingerprint density at radius 3 is 2.71 bits per heavy atom. The molecule has 116 valence electrons. The number of hydrogen-bond donors (Lipinski definition) is 2. The van der Waals surface area contributed by atoms with Crippen molar-refractivity contribution in [2.24, 2.45) is 0 Å². The van der Waals surface area contributed by atoms with E-state index in [1.165, 1.54) is 37.5 Å². The number of aliphatic hydroxyl groups excluding tert-OH is 1. The van der Waals surface area contributed by atoms with Gasteiger partial charge in [-0.2, -0.15) is 8.78 Å². The van der Waals surface area contributed by atoms with Gasteiger partial charge in [-0.05, 0) is 30.7 Å². The lowest BCUT2D eigenvalue weighted by atomic mass is 10.2. The molecule has 0 aliphatic heterocycles. The van der Waals surface area contributed by atoms with Crippen molar-refractivity contribution in [2.45, 2.75) is 19.6 Å². The third-order valence-corrected chi connectivity index (χ3v) is 2.40. The van der Waals surface area contributed by atoms with Gasteiger partial charge in [-0.25, -0.2) is 0 Å². The highest BCUT2D eigenvalue weighted by atomic mass is 19.3. The molecule has 0 heterocycles. The Balaban J connectivity index is 2.73. The first-order chi connectivity index (χ1) is 9.92. The van der Waals surface area contributed by atoms with Crippen LogP contribution in [0.1, 0.15) is 12.5 Å². The Kier molecular flexibility index (Phi) is 6.61. The summed E-state index contributed by atoms with van der Waals surface area (Å²) in [7, 11) is 1.33. The minimum atomic E-state index is -2.94. The van der Waals surface area contributed by atoms with Crippen LogP contribution in [-0.4, -0.2) is 37.4 Å². The summed E-state index contributed by atoms with van der Waals surface area (Å²) >= 11 is 0. The Morgan fingerprint density at radius 2 is 2.14 bits per heavy atom. The first kappa shape index (κ1) is 16.9. The largest absolute Gasteiger partial charge is 0.493 e. The van der Waals surface area contributed by atoms with Gasteiger partial charge in [0.2, 0.25) is 5.91 Å². The van der Waals surface area contributed by atoms with Crippen molar-refractivity contribution in [3.8, 4) is 11.5 Å². The van der Waals surface area contributed by atoms with Crippen LogP contribution in [0.25, 0.3) is 6.08 Å². The highest BCUT2D eigenvalue weighted by molar-refractivity contribution is 5.91. The van der Waals surface area contributed by atoms with Gasteiger partial charge < -0.3 is 19.9 Å². The standard InChI is InChI=1S/C14H17F2NO4/c1-9(18)8-17-13(19)6-4-10-3-5-11(21-14(15)16)12(7-10)20-2/h3-7,9,14,18H,8H2,1-2H3,(H,17,19)/b6-4+. The molecule has 0 fully saturated rings. The van der Waals surface area contributed by atoms with Crippen molar-refractivity contribution in [3.05, 3.63) is 29.8 Å². The number of aliphatic hydroxyl groups is 1. The molecule has 0 aromatic heterocycles. The molecule has 5 nitrogen and oxygen atoms in total. The maximum Gasteiger partial charge on any atom is 0.387 e. The number of rotatable bonds is 7. The molecule has 1 amide bonds. The lowest BCUT2D eigenvalue weighted by molar-refractivity contribution is -0.116. The minimum Gasteiger partial charge on any atom is -0.493 e. The monoisotopic (exact) mass is 301 g/mol. The third-order valence-electron chi connectivity index (χ3n) is 2.40. The van der Waals surface area contributed by atoms with E-state index in [0.29, 0.717) is 5.56 Å². The van der Waals surface area contributed by atoms with Gasteiger partial charge in [0.25, 0.3) is 0 Å². The number of ether oxygens (including phenoxy) is 2. The van der Waals surface area contributed by atoms with E-state index in [0.717, 1.165) is 0 Å². The summed E-state index contributed by atoms with van der Waals surface area (Å²) in [5, 5.41) is 11.5. The van der Waals surface area contributed by atoms with Crippen molar-refractivity contribution >= 4 is 12.0 Å². The van der Waals surface area contributed by atoms with Gasteiger partial charge in [0.15, 0.2) is 11.5 Å². The first-order valence-corrected chi connectivity index (χ1v) is 6.19. The molecule has 1 aromatic carbocycles. The van der Waals surface area contributed by atoms with Crippen molar-refractivity contribution in [1.82, 2.24) is 5.32 Å². The van der Waals surface area contributed by atoms with E-state index in [2.05, 4.69) is 10.1 Å². The molecule has 0 aliphatic carbocycles. The highest BCUT2D eigenvalue weighted by Gasteiger charge is 2.10. The topological polar surface area (TPSA) is 67.8 Å². The molecule has 1 rings (SSSR count). The molecule has 1 atom stereocenters. The van der Waals surface area contributed by atoms with Gasteiger partial charge in [-0.1, -0.05) is 6.07 Å². The molecule has 0 radical (unpaired) electrons. The molecular formula is C14H17F2NO4. The average Bonchev–Trinajstić information content (AvgIpc) is 2.43. The molecule has 0 spiro atoms. The average molecular weight is 301 g/mol. The Labute approximate surface area is 121 Å². The predicted octanol–water partition coefficient (Wildman–Crippen LogP) is 1.81. The van der Waals surface area contributed by atoms with Crippen molar-refractivity contribution in [1.29, 1.82) is 0 Å². The van der Waals surface area contributed by atoms with E-state index in [9.17, 15) is 13.6 Å². The smallest absolute Gasteiger partial charge is 0.387 e. The summed E-state index contributed by atoms with van der Waals surface area (Å²) in [6, 6.07) is 4.31. The van der Waals surface area contributed by atoms with Crippen LogP contribution in [0.4, 0.5) is 8.78 Å². The van der Waals surface area contributed by atoms with Crippen molar-refractivity contribution in [2.75, 3.05) is 13.7 Å². The van der Waals surface area contributed by atoms with E-state index in [4.69, 9.17) is 9.84 Å². The highest BCUT2D eigenvalue weighted by Crippen LogP contribution is 2.29. The molecule has 7 heteroatoms. The lowest BCUT2D eigenvalue weighted by Gasteiger charge is -2.10. The van der Waals surface area contributed by atoms with Crippen molar-refractivity contribution in [3.63, 3.8) is 0 Å². The van der Waals surface area contributed by atoms with E-state index in [1.54, 1.807) is 6.92 Å². The molecule has 0 aliphatic rings. The second-order valence-corrected chi connectivity index (χ2v) is 4.22. The zero-order valence-corrected chi connectivity index (χ0v) is 11.7. The molecule has 0 saturated heterocycles. The maximum atomic E-state index is 12.2. The van der Waals surface area contributed by atoms with Crippen LogP contribution >= 0.6 is 0 Å². The first-order valence-electron chi connectivity index (χ1n) is 6.19. The number of methoxy groups -OCH3 is 1. The number of hydrogen-bond acceptors (Lipinski definition) is 4. The van der Waals surface area contributed by atoms with Crippen LogP contribution in [0.3, 0.4) is 0 Å². The zero-order valence-electron chi connectivity index (χ0n) is 11.7. The molecular weight excluding hydrogens is 284 g/mol. The van der Waals surface area contributed by atoms with E-state index < -0.39 is 12.7 Å². The maximum absolute atomic E-state index is 12.2. The number of carbonyl (C=O) groups is 1. The fourth-order valence-corrected chi connectivity index (χ4v) is 1.46. The van der Waals surface area contributed by atoms with Crippen LogP contribution in [0.2, 0.25) is 0 Å². The summed E-state index contributed by atoms with van der Waals surface area (Å²) in [6.45, 7) is -1.24. The molecule has 1 unspecified atom stereocenters. The number of halogens is 2. The quantitative estimate of drug-likeness (QED) is 0.754. The number of nitrogens with one attached hydrogen (secondary N) is 1. The van der Waals surface area contributed by atoms with Gasteiger partial charge >= 0.3 is 6.61 Å². The number of amides is 1. The summed E-state index contributed by atoms with van der Waals surface area (Å²) in [5.74, 6) is -0.312. The fraction of sp³-hybridized carbons (Fsp3) is 0.357. The summed E-state index contributed by atoms with van der Waals surface area (Å²) in [5.41, 5.74) is 0.584. The van der Waals surface area contributed by atoms with Crippen LogP contribution in [0.15, 0.2) is 24.3 Å². The summed E-state index contributed by atoms with van der Waals surface area (Å²) in [4.78, 5) is 11.4. The molecule has 1 aromatic rings. The normalized spacial score (nSPS) is 12.5. The number of carbonyl (C=O) groups excluding carboxylic acids is 1. The van der Waals surface area contributed by atoms with Crippen LogP contribution in [0.5, 0.6) is 11.5 Å². The second-order valence-electron chi connectivity index (χ2n) is 4.22. The van der Waals surface area contributed by atoms with E-state index in [1.807, 2.05) is 0 Å². The van der Waals surface area contributed by atoms with E-state index >= 15 is 0 Å². The number of benzene rings is 1. The SMILES string of the molecule is COc1cc(/C=C/C(=O)NCC(C)O)ccc1OC(F)F. The van der Waals surface area contributed by atoms with E-state index in [-0.39, 0.29) is 24.0 Å². The molecule has 2 N–H and O–H groups in total. The van der Waals surface area contributed by atoms with Crippen LogP contribution < -0.4 is 14.8 Å². The molecule has 0 bridgehead atoms. The van der Waals surface area contributed by atoms with Gasteiger partial charge in [0.1, 0.15) is 0 Å². The summed E-state index contributed by atoms with van der Waals surface area (Å²) in [6.07, 6.45) is 2.13. The van der Waals surface area contributed by atoms with Gasteiger partial charge in [0.05, 0.1) is 13.2 Å². The Morgan fingerprint density at radius 1 is 1.43 bits per heavy atom. The fourth-order valence-electron chi connectivity index (χ4n) is 1.46. The lowest BCUT2D eigenvalue weighted by Crippen LogP contribution is -2.28. The molecule has 0 saturated carbocycles. The Hall–Kier alpha value is -2.15. The van der Waals surface area contributed by atoms with Crippen LogP contribution in [-0.2, 0) is 4.79 Å². The van der Waals surface area contributed by atoms with Gasteiger partial charge in [-0.15, -0.1) is 0 Å². The Bertz CT molecular complexity index is 504. The van der Waals surface area contributed by atoms with Crippen molar-refractivity contribution < 1.29 is 28.2 Å². The predicted molar refractivity (Wildman–Crippen MR) is 73.4 cm³/mol. The van der Waals surface area contributed by atoms with Gasteiger partial charge in [0, 0.05) is 12.6 Å². The zero-order chi connectivity index (χ0) is 15.8. The molecule has 21 heavy (non-hydrogen) atoms. The third kappa shape index (κ3) is 6.22. The second kappa shape index (κ2) is 8.21. The minimum absolute atomic E-state index is 0.0804. The van der Waals surface area contributed by atoms with Gasteiger partial charge in [-0.3, -0.25) is 4.79 Å². The number of alkyl halides is 2. The summed E-state index contributed by atoms with van der Waals surface area (Å²) < 4.78 is 33.6.